The van der Waals surface area contributed by atoms with Crippen molar-refractivity contribution in [2.45, 2.75) is 45.1 Å². The maximum absolute atomic E-state index is 4.69. The van der Waals surface area contributed by atoms with Gasteiger partial charge in [0.1, 0.15) is 16.5 Å². The average Bonchev–Trinajstić information content (AvgIpc) is 2.77. The van der Waals surface area contributed by atoms with Crippen molar-refractivity contribution in [1.29, 1.82) is 0 Å². The van der Waals surface area contributed by atoms with Crippen molar-refractivity contribution in [1.82, 2.24) is 9.97 Å². The van der Waals surface area contributed by atoms with Crippen LogP contribution in [-0.2, 0) is 5.75 Å². The van der Waals surface area contributed by atoms with Gasteiger partial charge >= 0.3 is 0 Å². The molecular weight excluding hydrogens is 274 g/mol. The first-order valence-corrected chi connectivity index (χ1v) is 8.63. The second kappa shape index (κ2) is 6.57. The lowest BCUT2D eigenvalue weighted by Gasteiger charge is -2.09. The first-order chi connectivity index (χ1) is 9.13. The maximum atomic E-state index is 4.69. The molecule has 0 radical (unpaired) electrons. The van der Waals surface area contributed by atoms with E-state index in [4.69, 9.17) is 4.98 Å². The molecule has 0 fully saturated rings. The van der Waals surface area contributed by atoms with E-state index in [9.17, 15) is 0 Å². The van der Waals surface area contributed by atoms with Gasteiger partial charge in [-0.25, -0.2) is 9.97 Å². The van der Waals surface area contributed by atoms with E-state index < -0.39 is 0 Å². The monoisotopic (exact) mass is 295 g/mol. The molecule has 0 spiro atoms. The normalized spacial score (nSPS) is 12.8. The Hall–Kier alpha value is -0.810. The topological polar surface area (TPSA) is 37.8 Å². The third-order valence-corrected chi connectivity index (χ3v) is 5.25. The van der Waals surface area contributed by atoms with Crippen LogP contribution in [0.2, 0.25) is 0 Å². The first-order valence-electron chi connectivity index (χ1n) is 6.76. The van der Waals surface area contributed by atoms with Gasteiger partial charge in [0, 0.05) is 16.7 Å². The van der Waals surface area contributed by atoms with Gasteiger partial charge in [0.25, 0.3) is 0 Å². The highest BCUT2D eigenvalue weighted by molar-refractivity contribution is 7.99. The molecule has 104 valence electrons. The van der Waals surface area contributed by atoms with Crippen LogP contribution in [0.4, 0.5) is 5.82 Å². The van der Waals surface area contributed by atoms with Crippen molar-refractivity contribution in [2.75, 3.05) is 11.9 Å². The van der Waals surface area contributed by atoms with E-state index in [-0.39, 0.29) is 0 Å². The molecule has 2 aromatic heterocycles. The molecule has 0 aliphatic rings. The molecule has 2 rings (SSSR count). The first kappa shape index (κ1) is 14.6. The van der Waals surface area contributed by atoms with Crippen LogP contribution in [0.25, 0.3) is 10.2 Å². The van der Waals surface area contributed by atoms with Crippen molar-refractivity contribution >= 4 is 39.1 Å². The van der Waals surface area contributed by atoms with Crippen LogP contribution in [0.1, 0.15) is 37.9 Å². The fraction of sp³-hybridized carbons (Fsp3) is 0.571. The van der Waals surface area contributed by atoms with E-state index in [1.54, 1.807) is 11.3 Å². The number of aromatic nitrogens is 2. The van der Waals surface area contributed by atoms with Crippen LogP contribution < -0.4 is 5.32 Å². The zero-order chi connectivity index (χ0) is 13.8. The Balaban J connectivity index is 2.29. The minimum atomic E-state index is 0.659. The summed E-state index contributed by atoms with van der Waals surface area (Å²) in [4.78, 5) is 11.8. The number of fused-ring (bicyclic) bond motifs is 1. The van der Waals surface area contributed by atoms with Gasteiger partial charge in [-0.1, -0.05) is 13.8 Å². The summed E-state index contributed by atoms with van der Waals surface area (Å²) in [6.07, 6.45) is 1.19. The summed E-state index contributed by atoms with van der Waals surface area (Å²) in [5.74, 6) is 2.81. The van der Waals surface area contributed by atoms with Crippen molar-refractivity contribution in [3.05, 3.63) is 16.8 Å². The van der Waals surface area contributed by atoms with Gasteiger partial charge in [0.05, 0.1) is 11.1 Å². The number of nitrogens with zero attached hydrogens (tertiary/aromatic N) is 2. The van der Waals surface area contributed by atoms with Crippen molar-refractivity contribution in [3.63, 3.8) is 0 Å². The summed E-state index contributed by atoms with van der Waals surface area (Å²) in [6, 6.07) is 2.17. The van der Waals surface area contributed by atoms with Gasteiger partial charge < -0.3 is 5.32 Å². The van der Waals surface area contributed by atoms with E-state index in [1.807, 2.05) is 11.8 Å². The molecule has 0 saturated carbocycles. The molecule has 0 aromatic carbocycles. The predicted octanol–water partition coefficient (Wildman–Crippen LogP) is 4.46. The van der Waals surface area contributed by atoms with Crippen LogP contribution in [0.15, 0.2) is 6.07 Å². The third kappa shape index (κ3) is 3.60. The fourth-order valence-electron chi connectivity index (χ4n) is 1.79. The molecule has 1 atom stereocenters. The van der Waals surface area contributed by atoms with Crippen LogP contribution in [0.3, 0.4) is 0 Å². The van der Waals surface area contributed by atoms with Crippen LogP contribution >= 0.6 is 23.1 Å². The van der Waals surface area contributed by atoms with E-state index in [0.717, 1.165) is 34.2 Å². The third-order valence-electron chi connectivity index (χ3n) is 2.98. The van der Waals surface area contributed by atoms with E-state index >= 15 is 0 Å². The Morgan fingerprint density at radius 1 is 1.37 bits per heavy atom. The van der Waals surface area contributed by atoms with E-state index in [0.29, 0.717) is 5.25 Å². The molecule has 1 unspecified atom stereocenters. The van der Waals surface area contributed by atoms with Crippen LogP contribution in [-0.4, -0.2) is 21.8 Å². The van der Waals surface area contributed by atoms with E-state index in [2.05, 4.69) is 44.1 Å². The number of anilines is 1. The summed E-state index contributed by atoms with van der Waals surface area (Å²) < 4.78 is 0. The summed E-state index contributed by atoms with van der Waals surface area (Å²) in [6.45, 7) is 9.58. The molecule has 0 saturated heterocycles. The highest BCUT2D eigenvalue weighted by Gasteiger charge is 2.11. The molecule has 0 amide bonds. The summed E-state index contributed by atoms with van der Waals surface area (Å²) in [5, 5.41) is 5.17. The summed E-state index contributed by atoms with van der Waals surface area (Å²) >= 11 is 3.67. The van der Waals surface area contributed by atoms with Crippen molar-refractivity contribution in [2.24, 2.45) is 0 Å². The molecule has 1 N–H and O–H groups in total. The van der Waals surface area contributed by atoms with Crippen LogP contribution in [0.5, 0.6) is 0 Å². The number of aryl methyl sites for hydroxylation is 1. The average molecular weight is 295 g/mol. The predicted molar refractivity (Wildman–Crippen MR) is 87.4 cm³/mol. The molecule has 2 aromatic rings. The summed E-state index contributed by atoms with van der Waals surface area (Å²) in [7, 11) is 0. The number of hydrogen-bond donors (Lipinski definition) is 1. The number of thiophene rings is 1. The van der Waals surface area contributed by atoms with Gasteiger partial charge in [0.15, 0.2) is 0 Å². The molecule has 2 heterocycles. The maximum Gasteiger partial charge on any atom is 0.142 e. The zero-order valence-corrected chi connectivity index (χ0v) is 13.6. The Kier molecular flexibility index (Phi) is 5.05. The number of hydrogen-bond acceptors (Lipinski definition) is 5. The highest BCUT2D eigenvalue weighted by atomic mass is 32.2. The lowest BCUT2D eigenvalue weighted by atomic mass is 10.3. The Morgan fingerprint density at radius 2 is 2.16 bits per heavy atom. The van der Waals surface area contributed by atoms with Gasteiger partial charge in [-0.15, -0.1) is 11.3 Å². The van der Waals surface area contributed by atoms with Gasteiger partial charge in [-0.3, -0.25) is 0 Å². The fourth-order valence-corrected chi connectivity index (χ4v) is 3.48. The largest absolute Gasteiger partial charge is 0.370 e. The summed E-state index contributed by atoms with van der Waals surface area (Å²) in [5.41, 5.74) is 0. The van der Waals surface area contributed by atoms with E-state index in [1.165, 1.54) is 11.3 Å². The second-order valence-electron chi connectivity index (χ2n) is 4.62. The molecule has 19 heavy (non-hydrogen) atoms. The lowest BCUT2D eigenvalue weighted by Crippen LogP contribution is -2.04. The zero-order valence-electron chi connectivity index (χ0n) is 12.0. The SMILES string of the molecule is CCNc1nc(CSC(C)CC)nc2sc(C)cc12. The molecule has 3 nitrogen and oxygen atoms in total. The number of nitrogens with one attached hydrogen (secondary N) is 1. The van der Waals surface area contributed by atoms with Gasteiger partial charge in [-0.2, -0.15) is 11.8 Å². The highest BCUT2D eigenvalue weighted by Crippen LogP contribution is 2.29. The van der Waals surface area contributed by atoms with Crippen molar-refractivity contribution < 1.29 is 0 Å². The molecule has 0 aliphatic carbocycles. The smallest absolute Gasteiger partial charge is 0.142 e. The minimum absolute atomic E-state index is 0.659. The number of thioether (sulfide) groups is 1. The van der Waals surface area contributed by atoms with Gasteiger partial charge in [-0.05, 0) is 26.3 Å². The molecular formula is C14H21N3S2. The van der Waals surface area contributed by atoms with Gasteiger partial charge in [0.2, 0.25) is 0 Å². The Labute approximate surface area is 123 Å². The molecule has 0 bridgehead atoms. The Bertz CT molecular complexity index is 551. The van der Waals surface area contributed by atoms with Crippen molar-refractivity contribution in [3.8, 4) is 0 Å². The number of rotatable bonds is 6. The standard InChI is InChI=1S/C14H21N3S2/c1-5-9(3)18-8-12-16-13(15-6-2)11-7-10(4)19-14(11)17-12/h7,9H,5-6,8H2,1-4H3,(H,15,16,17). The second-order valence-corrected chi connectivity index (χ2v) is 7.29. The molecule has 5 heteroatoms. The lowest BCUT2D eigenvalue weighted by molar-refractivity contribution is 0.902. The quantitative estimate of drug-likeness (QED) is 0.853. The van der Waals surface area contributed by atoms with Crippen LogP contribution in [0, 0.1) is 6.92 Å². The minimum Gasteiger partial charge on any atom is -0.370 e. The molecule has 0 aliphatic heterocycles. The Morgan fingerprint density at radius 3 is 2.84 bits per heavy atom.